The van der Waals surface area contributed by atoms with Crippen molar-refractivity contribution in [2.24, 2.45) is 0 Å². The van der Waals surface area contributed by atoms with Gasteiger partial charge in [0.1, 0.15) is 0 Å². The second kappa shape index (κ2) is 5.93. The van der Waals surface area contributed by atoms with Crippen LogP contribution in [0.3, 0.4) is 0 Å². The molecule has 0 aliphatic rings. The smallest absolute Gasteiger partial charge is 0.372 e. The maximum atomic E-state index is 8.63. The van der Waals surface area contributed by atoms with Gasteiger partial charge in [-0.05, 0) is 4.20 Å². The van der Waals surface area contributed by atoms with E-state index in [2.05, 4.69) is 0 Å². The van der Waals surface area contributed by atoms with Gasteiger partial charge in [0, 0.05) is 48.9 Å². The SMILES string of the molecule is [Ba].[O-][Br+2]([O-])O. The molecule has 0 amide bonds. The third kappa shape index (κ3) is 24.6. The average Bonchev–Trinajstić information content (AvgIpc) is 0.811. The van der Waals surface area contributed by atoms with Gasteiger partial charge in [-0.2, -0.15) is 0 Å². The van der Waals surface area contributed by atoms with Crippen LogP contribution in [-0.2, 0) is 0 Å². The third-order valence-corrected chi connectivity index (χ3v) is 0. The predicted molar refractivity (Wildman–Crippen MR) is 7.97 cm³/mol. The van der Waals surface area contributed by atoms with E-state index in [9.17, 15) is 0 Å². The van der Waals surface area contributed by atoms with Gasteiger partial charge in [-0.1, -0.05) is 0 Å². The summed E-state index contributed by atoms with van der Waals surface area (Å²) in [7, 11) is 0. The Morgan fingerprint density at radius 1 is 1.40 bits per heavy atom. The summed E-state index contributed by atoms with van der Waals surface area (Å²) in [6.45, 7) is 0. The molecule has 5 heavy (non-hydrogen) atoms. The molecule has 0 atom stereocenters. The van der Waals surface area contributed by atoms with Crippen molar-refractivity contribution in [1.29, 1.82) is 0 Å². The fourth-order valence-corrected chi connectivity index (χ4v) is 0. The molecule has 0 aliphatic heterocycles. The molecule has 0 bridgehead atoms. The Bertz CT molecular complexity index is 11.6. The largest absolute Gasteiger partial charge is 0.433 e. The molecule has 0 aliphatic carbocycles. The zero-order valence-corrected chi connectivity index (χ0v) is 8.38. The van der Waals surface area contributed by atoms with Gasteiger partial charge in [-0.15, -0.1) is 0 Å². The predicted octanol–water partition coefficient (Wildman–Crippen LogP) is -3.32. The monoisotopic (exact) mass is 266 g/mol. The first-order valence-electron chi connectivity index (χ1n) is 0.478. The number of rotatable bonds is 0. The van der Waals surface area contributed by atoms with Crippen molar-refractivity contribution in [1.82, 2.24) is 0 Å². The molecule has 0 fully saturated rings. The first kappa shape index (κ1) is 10.0. The summed E-state index contributed by atoms with van der Waals surface area (Å²) in [5.41, 5.74) is 0. The Hall–Kier alpha value is 1.93. The summed E-state index contributed by atoms with van der Waals surface area (Å²) in [4.78, 5) is 0. The van der Waals surface area contributed by atoms with Gasteiger partial charge >= 0.3 is 14.8 Å². The molecule has 0 heterocycles. The Kier molecular flexibility index (Phi) is 11.9. The Labute approximate surface area is 74.9 Å². The van der Waals surface area contributed by atoms with Crippen LogP contribution in [-0.4, -0.2) is 53.1 Å². The summed E-state index contributed by atoms with van der Waals surface area (Å²) in [6, 6.07) is 0. The van der Waals surface area contributed by atoms with Crippen molar-refractivity contribution in [3.8, 4) is 0 Å². The molecular formula is HBaBrO3. The summed E-state index contributed by atoms with van der Waals surface area (Å²) < 4.78 is 24.3. The maximum absolute atomic E-state index is 8.63. The minimum Gasteiger partial charge on any atom is -0.372 e. The molecule has 2 radical (unpaired) electrons. The van der Waals surface area contributed by atoms with Gasteiger partial charge < -0.3 is 8.40 Å². The molecule has 0 saturated heterocycles. The van der Waals surface area contributed by atoms with Crippen molar-refractivity contribution in [3.05, 3.63) is 0 Å². The van der Waals surface area contributed by atoms with Crippen molar-refractivity contribution in [3.63, 3.8) is 0 Å². The molecule has 3 nitrogen and oxygen atoms in total. The first-order valence-corrected chi connectivity index (χ1v) is 2.48. The van der Waals surface area contributed by atoms with Crippen molar-refractivity contribution in [2.75, 3.05) is 0 Å². The standard InChI is InChI=1S/Ba.BrHO3/c;2-1(3)4/h;2H. The quantitative estimate of drug-likeness (QED) is 0.467. The fourth-order valence-electron chi connectivity index (χ4n) is 0. The van der Waals surface area contributed by atoms with Gasteiger partial charge in [0.2, 0.25) is 0 Å². The molecule has 0 spiro atoms. The zero-order valence-electron chi connectivity index (χ0n) is 2.35. The number of hydrogen-bond acceptors (Lipinski definition) is 3. The average molecular weight is 266 g/mol. The summed E-state index contributed by atoms with van der Waals surface area (Å²) in [5.74, 6) is 0. The van der Waals surface area contributed by atoms with E-state index in [0.29, 0.717) is 0 Å². The van der Waals surface area contributed by atoms with E-state index < -0.39 is 14.8 Å². The van der Waals surface area contributed by atoms with Gasteiger partial charge in [0.05, 0.1) is 0 Å². The van der Waals surface area contributed by atoms with Crippen LogP contribution < -0.4 is 8.40 Å². The summed E-state index contributed by atoms with van der Waals surface area (Å²) >= 11 is -3.40. The van der Waals surface area contributed by atoms with Crippen LogP contribution >= 0.6 is 0 Å². The van der Waals surface area contributed by atoms with Crippen LogP contribution in [0.15, 0.2) is 0 Å². The van der Waals surface area contributed by atoms with Crippen molar-refractivity contribution < 1.29 is 27.4 Å². The van der Waals surface area contributed by atoms with Gasteiger partial charge in [0.15, 0.2) is 0 Å². The Morgan fingerprint density at radius 2 is 1.40 bits per heavy atom. The minimum absolute atomic E-state index is 0. The van der Waals surface area contributed by atoms with Crippen LogP contribution in [0, 0.1) is 14.8 Å². The minimum atomic E-state index is -3.40. The van der Waals surface area contributed by atoms with Crippen LogP contribution in [0.2, 0.25) is 0 Å². The molecule has 0 unspecified atom stereocenters. The second-order valence-electron chi connectivity index (χ2n) is 0.201. The molecule has 0 aromatic heterocycles. The summed E-state index contributed by atoms with van der Waals surface area (Å²) in [6.07, 6.45) is 0. The van der Waals surface area contributed by atoms with E-state index in [-0.39, 0.29) is 48.9 Å². The molecule has 0 rings (SSSR count). The summed E-state index contributed by atoms with van der Waals surface area (Å²) in [5, 5.41) is 0. The molecular weight excluding hydrogens is 265 g/mol. The topological polar surface area (TPSA) is 66.3 Å². The van der Waals surface area contributed by atoms with Crippen LogP contribution in [0.4, 0.5) is 0 Å². The van der Waals surface area contributed by atoms with Crippen molar-refractivity contribution in [2.45, 2.75) is 0 Å². The maximum Gasteiger partial charge on any atom is 0.433 e. The molecule has 0 aromatic rings. The van der Waals surface area contributed by atoms with Gasteiger partial charge in [-0.3, -0.25) is 0 Å². The Balaban J connectivity index is 0. The zero-order chi connectivity index (χ0) is 3.58. The van der Waals surface area contributed by atoms with E-state index in [1.807, 2.05) is 0 Å². The van der Waals surface area contributed by atoms with Gasteiger partial charge in [-0.25, -0.2) is 0 Å². The molecule has 28 valence electrons. The van der Waals surface area contributed by atoms with Crippen LogP contribution in [0.25, 0.3) is 0 Å². The third-order valence-electron chi connectivity index (χ3n) is 0. The molecule has 0 aromatic carbocycles. The van der Waals surface area contributed by atoms with E-state index in [1.165, 1.54) is 0 Å². The molecule has 5 heteroatoms. The number of hydrogen-bond donors (Lipinski definition) is 1. The van der Waals surface area contributed by atoms with E-state index in [0.717, 1.165) is 0 Å². The molecule has 0 saturated carbocycles. The van der Waals surface area contributed by atoms with Crippen molar-refractivity contribution >= 4 is 48.9 Å². The fraction of sp³-hybridized carbons (Fsp3) is 0. The Morgan fingerprint density at radius 3 is 1.40 bits per heavy atom. The van der Waals surface area contributed by atoms with Crippen LogP contribution in [0.5, 0.6) is 0 Å². The van der Waals surface area contributed by atoms with Crippen LogP contribution in [0.1, 0.15) is 0 Å². The van der Waals surface area contributed by atoms with Gasteiger partial charge in [0.25, 0.3) is 0 Å². The molecule has 1 N–H and O–H groups in total. The first-order chi connectivity index (χ1) is 1.73. The van der Waals surface area contributed by atoms with E-state index in [1.54, 1.807) is 0 Å². The normalized spacial score (nSPS) is 7.20. The van der Waals surface area contributed by atoms with E-state index in [4.69, 9.17) is 12.6 Å². The number of halogens is 1. The second-order valence-corrected chi connectivity index (χ2v) is 1.04. The van der Waals surface area contributed by atoms with E-state index >= 15 is 0 Å².